The highest BCUT2D eigenvalue weighted by Gasteiger charge is 2.27. The first-order chi connectivity index (χ1) is 9.86. The van der Waals surface area contributed by atoms with E-state index < -0.39 is 0 Å². The molecule has 0 aromatic carbocycles. The van der Waals surface area contributed by atoms with Gasteiger partial charge in [0, 0.05) is 6.61 Å². The molecular weight excluding hydrogens is 256 g/mol. The van der Waals surface area contributed by atoms with Crippen LogP contribution in [0.2, 0.25) is 0 Å². The summed E-state index contributed by atoms with van der Waals surface area (Å²) < 4.78 is 0. The first-order valence-electron chi connectivity index (χ1n) is 8.82. The Morgan fingerprint density at radius 3 is 2.67 bits per heavy atom. The molecule has 0 saturated carbocycles. The van der Waals surface area contributed by atoms with E-state index in [4.69, 9.17) is 5.11 Å². The van der Waals surface area contributed by atoms with Crippen molar-refractivity contribution in [3.05, 3.63) is 22.8 Å². The van der Waals surface area contributed by atoms with Gasteiger partial charge < -0.3 is 5.11 Å². The summed E-state index contributed by atoms with van der Waals surface area (Å²) in [7, 11) is 0. The van der Waals surface area contributed by atoms with E-state index in [0.29, 0.717) is 17.9 Å². The van der Waals surface area contributed by atoms with E-state index in [9.17, 15) is 0 Å². The average molecular weight is 293 g/mol. The second-order valence-electron chi connectivity index (χ2n) is 7.74. The zero-order chi connectivity index (χ0) is 15.9. The van der Waals surface area contributed by atoms with Gasteiger partial charge in [-0.25, -0.2) is 0 Å². The van der Waals surface area contributed by atoms with Crippen molar-refractivity contribution in [2.75, 3.05) is 6.61 Å². The quantitative estimate of drug-likeness (QED) is 0.541. The second-order valence-corrected chi connectivity index (χ2v) is 7.74. The second kappa shape index (κ2) is 8.78. The molecule has 21 heavy (non-hydrogen) atoms. The van der Waals surface area contributed by atoms with Crippen LogP contribution in [0.25, 0.3) is 0 Å². The summed E-state index contributed by atoms with van der Waals surface area (Å²) in [5.74, 6) is 0.640. The van der Waals surface area contributed by atoms with Gasteiger partial charge in [0.2, 0.25) is 0 Å². The Balaban J connectivity index is 2.43. The first-order valence-corrected chi connectivity index (χ1v) is 8.82. The number of allylic oxidation sites excluding steroid dienone is 4. The van der Waals surface area contributed by atoms with Gasteiger partial charge in [-0.05, 0) is 76.5 Å². The summed E-state index contributed by atoms with van der Waals surface area (Å²) in [6.07, 6.45) is 12.2. The Morgan fingerprint density at radius 2 is 2.05 bits per heavy atom. The minimum atomic E-state index is 0.326. The lowest BCUT2D eigenvalue weighted by atomic mass is 9.71. The van der Waals surface area contributed by atoms with Crippen LogP contribution in [0.4, 0.5) is 0 Å². The van der Waals surface area contributed by atoms with E-state index in [-0.39, 0.29) is 0 Å². The third-order valence-electron chi connectivity index (χ3n) is 5.23. The molecule has 1 N–H and O–H groups in total. The van der Waals surface area contributed by atoms with E-state index in [1.165, 1.54) is 44.1 Å². The van der Waals surface area contributed by atoms with Crippen molar-refractivity contribution < 1.29 is 5.11 Å². The monoisotopic (exact) mass is 292 g/mol. The molecule has 0 bridgehead atoms. The molecule has 0 fully saturated rings. The molecule has 0 radical (unpaired) electrons. The topological polar surface area (TPSA) is 20.2 Å². The van der Waals surface area contributed by atoms with Gasteiger partial charge in [-0.3, -0.25) is 0 Å². The summed E-state index contributed by atoms with van der Waals surface area (Å²) in [5, 5.41) is 8.93. The van der Waals surface area contributed by atoms with Crippen LogP contribution in [-0.2, 0) is 0 Å². The maximum absolute atomic E-state index is 8.93. The highest BCUT2D eigenvalue weighted by Crippen LogP contribution is 2.42. The zero-order valence-electron chi connectivity index (χ0n) is 15.0. The van der Waals surface area contributed by atoms with Crippen molar-refractivity contribution in [3.8, 4) is 0 Å². The molecule has 1 heteroatoms. The minimum absolute atomic E-state index is 0.326. The van der Waals surface area contributed by atoms with Gasteiger partial charge in [-0.2, -0.15) is 0 Å². The zero-order valence-corrected chi connectivity index (χ0v) is 15.0. The molecule has 1 atom stereocenters. The molecular formula is C20H36O. The van der Waals surface area contributed by atoms with Gasteiger partial charge in [0.1, 0.15) is 0 Å². The molecule has 1 unspecified atom stereocenters. The highest BCUT2D eigenvalue weighted by molar-refractivity contribution is 5.23. The maximum Gasteiger partial charge on any atom is 0.0433 e. The van der Waals surface area contributed by atoms with Crippen molar-refractivity contribution >= 4 is 0 Å². The van der Waals surface area contributed by atoms with Gasteiger partial charge in [-0.1, -0.05) is 43.6 Å². The predicted octanol–water partition coefficient (Wildman–Crippen LogP) is 6.04. The first kappa shape index (κ1) is 18.5. The van der Waals surface area contributed by atoms with E-state index in [1.54, 1.807) is 11.1 Å². The van der Waals surface area contributed by atoms with E-state index >= 15 is 0 Å². The Labute approximate surface area is 132 Å². The van der Waals surface area contributed by atoms with Gasteiger partial charge >= 0.3 is 0 Å². The summed E-state index contributed by atoms with van der Waals surface area (Å²) in [6, 6.07) is 0. The van der Waals surface area contributed by atoms with Crippen LogP contribution in [-0.4, -0.2) is 11.7 Å². The molecule has 0 amide bonds. The van der Waals surface area contributed by atoms with Gasteiger partial charge in [0.25, 0.3) is 0 Å². The molecule has 122 valence electrons. The lowest BCUT2D eigenvalue weighted by Gasteiger charge is -2.35. The molecule has 0 aromatic rings. The number of aliphatic hydroxyl groups excluding tert-OH is 1. The molecule has 0 spiro atoms. The fourth-order valence-electron chi connectivity index (χ4n) is 3.63. The van der Waals surface area contributed by atoms with Crippen LogP contribution in [0.1, 0.15) is 86.0 Å². The van der Waals surface area contributed by atoms with Crippen molar-refractivity contribution in [1.82, 2.24) is 0 Å². The van der Waals surface area contributed by atoms with Crippen LogP contribution in [0.15, 0.2) is 22.8 Å². The van der Waals surface area contributed by atoms with E-state index in [0.717, 1.165) is 12.8 Å². The highest BCUT2D eigenvalue weighted by atomic mass is 16.3. The minimum Gasteiger partial charge on any atom is -0.396 e. The standard InChI is InChI=1S/C20H36O/c1-16(8-6-9-17(2)13-15-21)11-12-19-18(3)10-7-14-20(19,4)5/h8,17,21H,6-7,9-15H2,1-5H3/b16-8+. The van der Waals surface area contributed by atoms with Gasteiger partial charge in [-0.15, -0.1) is 0 Å². The number of rotatable bonds is 8. The number of hydrogen-bond donors (Lipinski definition) is 1. The molecule has 0 aliphatic heterocycles. The largest absolute Gasteiger partial charge is 0.396 e. The van der Waals surface area contributed by atoms with Crippen molar-refractivity contribution in [2.45, 2.75) is 86.0 Å². The van der Waals surface area contributed by atoms with Crippen molar-refractivity contribution in [1.29, 1.82) is 0 Å². The fourth-order valence-corrected chi connectivity index (χ4v) is 3.63. The van der Waals surface area contributed by atoms with Gasteiger partial charge in [0.05, 0.1) is 0 Å². The Bertz CT molecular complexity index is 373. The average Bonchev–Trinajstić information content (AvgIpc) is 2.37. The Kier molecular flexibility index (Phi) is 7.73. The van der Waals surface area contributed by atoms with Gasteiger partial charge in [0.15, 0.2) is 0 Å². The summed E-state index contributed by atoms with van der Waals surface area (Å²) >= 11 is 0. The smallest absolute Gasteiger partial charge is 0.0433 e. The maximum atomic E-state index is 8.93. The summed E-state index contributed by atoms with van der Waals surface area (Å²) in [4.78, 5) is 0. The third-order valence-corrected chi connectivity index (χ3v) is 5.23. The summed E-state index contributed by atoms with van der Waals surface area (Å²) in [6.45, 7) is 12.0. The van der Waals surface area contributed by atoms with Crippen LogP contribution < -0.4 is 0 Å². The van der Waals surface area contributed by atoms with Crippen LogP contribution in [0, 0.1) is 11.3 Å². The Hall–Kier alpha value is -0.560. The summed E-state index contributed by atoms with van der Waals surface area (Å²) in [5.41, 5.74) is 5.32. The fraction of sp³-hybridized carbons (Fsp3) is 0.800. The van der Waals surface area contributed by atoms with Crippen molar-refractivity contribution in [2.24, 2.45) is 11.3 Å². The lowest BCUT2D eigenvalue weighted by molar-refractivity contribution is 0.259. The van der Waals surface area contributed by atoms with E-state index in [1.807, 2.05) is 0 Å². The molecule has 0 saturated heterocycles. The number of aliphatic hydroxyl groups is 1. The normalized spacial score (nSPS) is 20.8. The number of hydrogen-bond acceptors (Lipinski definition) is 1. The molecule has 1 aliphatic rings. The molecule has 1 rings (SSSR count). The van der Waals surface area contributed by atoms with Crippen LogP contribution in [0.3, 0.4) is 0 Å². The molecule has 0 heterocycles. The van der Waals surface area contributed by atoms with Crippen LogP contribution >= 0.6 is 0 Å². The SMILES string of the molecule is CC1=C(CC/C(C)=C/CCC(C)CCO)C(C)(C)CCC1. The Morgan fingerprint density at radius 1 is 1.33 bits per heavy atom. The predicted molar refractivity (Wildman–Crippen MR) is 93.4 cm³/mol. The third kappa shape index (κ3) is 6.38. The van der Waals surface area contributed by atoms with E-state index in [2.05, 4.69) is 40.7 Å². The lowest BCUT2D eigenvalue weighted by Crippen LogP contribution is -2.20. The molecule has 1 nitrogen and oxygen atoms in total. The van der Waals surface area contributed by atoms with Crippen molar-refractivity contribution in [3.63, 3.8) is 0 Å². The molecule has 0 aromatic heterocycles. The van der Waals surface area contributed by atoms with Crippen LogP contribution in [0.5, 0.6) is 0 Å². The molecule has 1 aliphatic carbocycles.